The number of para-hydroxylation sites is 2. The molecule has 9 nitrogen and oxygen atoms in total. The Kier molecular flexibility index (Phi) is 10.8. The monoisotopic (exact) mass is 635 g/mol. The first kappa shape index (κ1) is 33.0. The summed E-state index contributed by atoms with van der Waals surface area (Å²) >= 11 is 12.5. The third-order valence-corrected chi connectivity index (χ3v) is 8.66. The van der Waals surface area contributed by atoms with E-state index in [0.29, 0.717) is 21.4 Å². The molecule has 3 rings (SSSR count). The standard InChI is InChI=1S/C30H35Cl2N3O6S/c1-20(29(37)33-30(2,3)4)34(18-21-11-12-22(31)17-25(21)32)28(36)19-35(26-9-7-8-10-27(26)41-6)42(38,39)24-15-13-23(40-5)14-16-24/h7-17,20H,18-19H2,1-6H3,(H,33,37). The number of carbonyl (C=O) groups excluding carboxylic acids is 2. The molecule has 0 aromatic heterocycles. The van der Waals surface area contributed by atoms with Crippen molar-refractivity contribution >= 4 is 50.7 Å². The van der Waals surface area contributed by atoms with Crippen molar-refractivity contribution in [2.45, 2.75) is 50.7 Å². The molecule has 0 aliphatic heterocycles. The van der Waals surface area contributed by atoms with Gasteiger partial charge >= 0.3 is 0 Å². The van der Waals surface area contributed by atoms with Crippen LogP contribution in [0.4, 0.5) is 5.69 Å². The van der Waals surface area contributed by atoms with E-state index in [1.807, 2.05) is 20.8 Å². The van der Waals surface area contributed by atoms with Crippen LogP contribution >= 0.6 is 23.2 Å². The van der Waals surface area contributed by atoms with Crippen LogP contribution in [0.5, 0.6) is 11.5 Å². The average Bonchev–Trinajstić information content (AvgIpc) is 2.94. The lowest BCUT2D eigenvalue weighted by Crippen LogP contribution is -2.54. The van der Waals surface area contributed by atoms with Gasteiger partial charge in [-0.15, -0.1) is 0 Å². The maximum atomic E-state index is 14.1. The number of nitrogens with one attached hydrogen (secondary N) is 1. The highest BCUT2D eigenvalue weighted by atomic mass is 35.5. The quantitative estimate of drug-likeness (QED) is 0.297. The Morgan fingerprint density at radius 3 is 2.17 bits per heavy atom. The number of amides is 2. The second-order valence-corrected chi connectivity index (χ2v) is 13.2. The minimum atomic E-state index is -4.30. The predicted octanol–water partition coefficient (Wildman–Crippen LogP) is 5.54. The summed E-state index contributed by atoms with van der Waals surface area (Å²) in [6.45, 7) is 6.34. The summed E-state index contributed by atoms with van der Waals surface area (Å²) in [6.07, 6.45) is 0. The number of nitrogens with zero attached hydrogens (tertiary/aromatic N) is 2. The molecule has 0 saturated heterocycles. The smallest absolute Gasteiger partial charge is 0.264 e. The molecule has 0 radical (unpaired) electrons. The highest BCUT2D eigenvalue weighted by molar-refractivity contribution is 7.92. The second-order valence-electron chi connectivity index (χ2n) is 10.5. The molecular formula is C30H35Cl2N3O6S. The molecule has 0 fully saturated rings. The van der Waals surface area contributed by atoms with E-state index >= 15 is 0 Å². The number of rotatable bonds is 11. The molecule has 0 heterocycles. The molecule has 3 aromatic carbocycles. The molecule has 0 bridgehead atoms. The van der Waals surface area contributed by atoms with E-state index in [0.717, 1.165) is 4.31 Å². The maximum absolute atomic E-state index is 14.1. The van der Waals surface area contributed by atoms with Gasteiger partial charge in [-0.1, -0.05) is 41.4 Å². The Balaban J connectivity index is 2.10. The van der Waals surface area contributed by atoms with Crippen LogP contribution in [0.15, 0.2) is 71.6 Å². The SMILES string of the molecule is COc1ccc(S(=O)(=O)N(CC(=O)N(Cc2ccc(Cl)cc2Cl)C(C)C(=O)NC(C)(C)C)c2ccccc2OC)cc1. The van der Waals surface area contributed by atoms with E-state index in [1.54, 1.807) is 43.3 Å². The molecule has 0 aliphatic carbocycles. The minimum Gasteiger partial charge on any atom is -0.497 e. The van der Waals surface area contributed by atoms with Crippen LogP contribution in [0, 0.1) is 0 Å². The van der Waals surface area contributed by atoms with Crippen LogP contribution in [0.1, 0.15) is 33.3 Å². The third kappa shape index (κ3) is 8.08. The van der Waals surface area contributed by atoms with Crippen molar-refractivity contribution in [2.75, 3.05) is 25.1 Å². The first-order valence-electron chi connectivity index (χ1n) is 13.0. The van der Waals surface area contributed by atoms with Gasteiger partial charge in [0.1, 0.15) is 24.1 Å². The number of benzene rings is 3. The van der Waals surface area contributed by atoms with Crippen molar-refractivity contribution in [3.8, 4) is 11.5 Å². The van der Waals surface area contributed by atoms with E-state index < -0.39 is 40.0 Å². The molecule has 2 amide bonds. The Morgan fingerprint density at radius 1 is 0.952 bits per heavy atom. The number of methoxy groups -OCH3 is 2. The Morgan fingerprint density at radius 2 is 1.60 bits per heavy atom. The zero-order chi connectivity index (χ0) is 31.2. The summed E-state index contributed by atoms with van der Waals surface area (Å²) < 4.78 is 39.7. The zero-order valence-electron chi connectivity index (χ0n) is 24.4. The van der Waals surface area contributed by atoms with Crippen LogP contribution in [0.25, 0.3) is 0 Å². The van der Waals surface area contributed by atoms with E-state index in [4.69, 9.17) is 32.7 Å². The second kappa shape index (κ2) is 13.7. The Bertz CT molecular complexity index is 1520. The van der Waals surface area contributed by atoms with Crippen LogP contribution in [-0.2, 0) is 26.2 Å². The van der Waals surface area contributed by atoms with Crippen LogP contribution in [0.3, 0.4) is 0 Å². The lowest BCUT2D eigenvalue weighted by molar-refractivity contribution is -0.140. The third-order valence-electron chi connectivity index (χ3n) is 6.30. The van der Waals surface area contributed by atoms with Crippen LogP contribution < -0.4 is 19.1 Å². The van der Waals surface area contributed by atoms with Gasteiger partial charge in [0.05, 0.1) is 24.8 Å². The summed E-state index contributed by atoms with van der Waals surface area (Å²) in [6, 6.07) is 16.1. The molecule has 1 unspecified atom stereocenters. The first-order valence-corrected chi connectivity index (χ1v) is 15.2. The van der Waals surface area contributed by atoms with E-state index in [-0.39, 0.29) is 22.9 Å². The number of ether oxygens (including phenoxy) is 2. The van der Waals surface area contributed by atoms with Crippen LogP contribution in [0.2, 0.25) is 10.0 Å². The number of hydrogen-bond acceptors (Lipinski definition) is 6. The summed E-state index contributed by atoms with van der Waals surface area (Å²) in [4.78, 5) is 28.6. The average molecular weight is 637 g/mol. The molecule has 226 valence electrons. The van der Waals surface area contributed by atoms with E-state index in [1.165, 1.54) is 49.5 Å². The number of halogens is 2. The van der Waals surface area contributed by atoms with E-state index in [2.05, 4.69) is 5.32 Å². The number of hydrogen-bond donors (Lipinski definition) is 1. The number of anilines is 1. The topological polar surface area (TPSA) is 105 Å². The van der Waals surface area contributed by atoms with Gasteiger partial charge in [-0.3, -0.25) is 13.9 Å². The zero-order valence-corrected chi connectivity index (χ0v) is 26.7. The summed E-state index contributed by atoms with van der Waals surface area (Å²) in [7, 11) is -1.41. The van der Waals surface area contributed by atoms with Gasteiger partial charge in [-0.05, 0) is 81.8 Å². The minimum absolute atomic E-state index is 0.0622. The summed E-state index contributed by atoms with van der Waals surface area (Å²) in [5.41, 5.74) is 0.117. The van der Waals surface area contributed by atoms with Gasteiger partial charge in [-0.25, -0.2) is 8.42 Å². The molecule has 0 saturated carbocycles. The normalized spacial score (nSPS) is 12.3. The van der Waals surface area contributed by atoms with Crippen molar-refractivity contribution in [1.29, 1.82) is 0 Å². The van der Waals surface area contributed by atoms with Gasteiger partial charge in [0.15, 0.2) is 0 Å². The highest BCUT2D eigenvalue weighted by Gasteiger charge is 2.34. The molecule has 0 aliphatic rings. The van der Waals surface area contributed by atoms with Gasteiger partial charge in [0.2, 0.25) is 11.8 Å². The van der Waals surface area contributed by atoms with Gasteiger partial charge in [0.25, 0.3) is 10.0 Å². The molecular weight excluding hydrogens is 601 g/mol. The number of carbonyl (C=O) groups is 2. The molecule has 0 spiro atoms. The lowest BCUT2D eigenvalue weighted by Gasteiger charge is -2.34. The van der Waals surface area contributed by atoms with Crippen LogP contribution in [-0.4, -0.2) is 57.5 Å². The lowest BCUT2D eigenvalue weighted by atomic mass is 10.1. The van der Waals surface area contributed by atoms with Gasteiger partial charge in [0, 0.05) is 22.1 Å². The molecule has 3 aromatic rings. The first-order chi connectivity index (χ1) is 19.7. The summed E-state index contributed by atoms with van der Waals surface area (Å²) in [5.74, 6) is -0.338. The molecule has 12 heteroatoms. The summed E-state index contributed by atoms with van der Waals surface area (Å²) in [5, 5.41) is 3.60. The fraction of sp³-hybridized carbons (Fsp3) is 0.333. The Labute approximate surface area is 257 Å². The molecule has 1 atom stereocenters. The van der Waals surface area contributed by atoms with E-state index in [9.17, 15) is 18.0 Å². The fourth-order valence-corrected chi connectivity index (χ4v) is 6.01. The van der Waals surface area contributed by atoms with Crippen molar-refractivity contribution in [1.82, 2.24) is 10.2 Å². The molecule has 1 N–H and O–H groups in total. The highest BCUT2D eigenvalue weighted by Crippen LogP contribution is 2.33. The number of sulfonamides is 1. The van der Waals surface area contributed by atoms with Gasteiger partial charge < -0.3 is 19.7 Å². The van der Waals surface area contributed by atoms with Crippen molar-refractivity contribution in [2.24, 2.45) is 0 Å². The van der Waals surface area contributed by atoms with Crippen molar-refractivity contribution < 1.29 is 27.5 Å². The predicted molar refractivity (Wildman–Crippen MR) is 165 cm³/mol. The van der Waals surface area contributed by atoms with Crippen molar-refractivity contribution in [3.05, 3.63) is 82.3 Å². The maximum Gasteiger partial charge on any atom is 0.264 e. The van der Waals surface area contributed by atoms with Gasteiger partial charge in [-0.2, -0.15) is 0 Å². The van der Waals surface area contributed by atoms with Crippen molar-refractivity contribution in [3.63, 3.8) is 0 Å². The molecule has 42 heavy (non-hydrogen) atoms. The largest absolute Gasteiger partial charge is 0.497 e. The fourth-order valence-electron chi connectivity index (χ4n) is 4.11. The Hall–Kier alpha value is -3.47.